The van der Waals surface area contributed by atoms with E-state index in [0.29, 0.717) is 0 Å². The Morgan fingerprint density at radius 3 is 2.94 bits per heavy atom. The Morgan fingerprint density at radius 1 is 1.47 bits per heavy atom. The van der Waals surface area contributed by atoms with E-state index in [9.17, 15) is 0 Å². The van der Waals surface area contributed by atoms with Crippen LogP contribution in [0.3, 0.4) is 0 Å². The molecule has 0 radical (unpaired) electrons. The number of piperidine rings is 1. The first-order valence-corrected chi connectivity index (χ1v) is 6.71. The van der Waals surface area contributed by atoms with Crippen LogP contribution in [0.5, 0.6) is 0 Å². The SMILES string of the molecule is CCCn1cncc1CN(C)C1CCNCC1. The highest BCUT2D eigenvalue weighted by Crippen LogP contribution is 2.13. The van der Waals surface area contributed by atoms with E-state index >= 15 is 0 Å². The fourth-order valence-electron chi connectivity index (χ4n) is 2.55. The second-order valence-electron chi connectivity index (χ2n) is 4.97. The number of aromatic nitrogens is 2. The van der Waals surface area contributed by atoms with Crippen molar-refractivity contribution in [3.63, 3.8) is 0 Å². The topological polar surface area (TPSA) is 33.1 Å². The van der Waals surface area contributed by atoms with Crippen LogP contribution in [0.15, 0.2) is 12.5 Å². The molecule has 17 heavy (non-hydrogen) atoms. The molecule has 0 aromatic carbocycles. The Kier molecular flexibility index (Phi) is 4.57. The highest BCUT2D eigenvalue weighted by molar-refractivity contribution is 4.98. The Bertz CT molecular complexity index is 328. The van der Waals surface area contributed by atoms with E-state index in [0.717, 1.165) is 32.2 Å². The van der Waals surface area contributed by atoms with Gasteiger partial charge >= 0.3 is 0 Å². The average molecular weight is 236 g/mol. The molecular formula is C13H24N4. The number of hydrogen-bond acceptors (Lipinski definition) is 3. The van der Waals surface area contributed by atoms with E-state index < -0.39 is 0 Å². The van der Waals surface area contributed by atoms with Gasteiger partial charge in [0.15, 0.2) is 0 Å². The molecular weight excluding hydrogens is 212 g/mol. The maximum Gasteiger partial charge on any atom is 0.0948 e. The van der Waals surface area contributed by atoms with Crippen LogP contribution in [0.1, 0.15) is 31.9 Å². The minimum Gasteiger partial charge on any atom is -0.333 e. The number of aryl methyl sites for hydroxylation is 1. The van der Waals surface area contributed by atoms with Gasteiger partial charge in [-0.25, -0.2) is 4.98 Å². The average Bonchev–Trinajstić information content (AvgIpc) is 2.78. The van der Waals surface area contributed by atoms with Gasteiger partial charge in [-0.15, -0.1) is 0 Å². The van der Waals surface area contributed by atoms with Crippen molar-refractivity contribution in [2.45, 2.75) is 45.3 Å². The van der Waals surface area contributed by atoms with E-state index in [2.05, 4.69) is 33.7 Å². The molecule has 0 aliphatic carbocycles. The molecule has 2 rings (SSSR count). The van der Waals surface area contributed by atoms with Crippen molar-refractivity contribution in [1.82, 2.24) is 19.8 Å². The molecule has 96 valence electrons. The highest BCUT2D eigenvalue weighted by Gasteiger charge is 2.18. The van der Waals surface area contributed by atoms with Crippen LogP contribution in [0.25, 0.3) is 0 Å². The number of rotatable bonds is 5. The van der Waals surface area contributed by atoms with Crippen molar-refractivity contribution in [3.05, 3.63) is 18.2 Å². The molecule has 0 saturated carbocycles. The molecule has 1 aliphatic rings. The summed E-state index contributed by atoms with van der Waals surface area (Å²) in [5.74, 6) is 0. The Labute approximate surface area is 104 Å². The predicted molar refractivity (Wildman–Crippen MR) is 69.9 cm³/mol. The summed E-state index contributed by atoms with van der Waals surface area (Å²) in [4.78, 5) is 6.74. The number of nitrogens with zero attached hydrogens (tertiary/aromatic N) is 3. The molecule has 4 nitrogen and oxygen atoms in total. The van der Waals surface area contributed by atoms with Crippen LogP contribution < -0.4 is 5.32 Å². The van der Waals surface area contributed by atoms with Crippen molar-refractivity contribution >= 4 is 0 Å². The molecule has 0 bridgehead atoms. The molecule has 1 aliphatic heterocycles. The summed E-state index contributed by atoms with van der Waals surface area (Å²) in [7, 11) is 2.24. The van der Waals surface area contributed by atoms with Crippen molar-refractivity contribution in [1.29, 1.82) is 0 Å². The first-order chi connectivity index (χ1) is 8.31. The molecule has 1 fully saturated rings. The van der Waals surface area contributed by atoms with Crippen LogP contribution in [-0.2, 0) is 13.1 Å². The summed E-state index contributed by atoms with van der Waals surface area (Å²) in [6.45, 7) is 6.62. The third-order valence-corrected chi connectivity index (χ3v) is 3.61. The Morgan fingerprint density at radius 2 is 2.24 bits per heavy atom. The summed E-state index contributed by atoms with van der Waals surface area (Å²) in [5.41, 5.74) is 1.34. The van der Waals surface area contributed by atoms with E-state index in [-0.39, 0.29) is 0 Å². The minimum absolute atomic E-state index is 0.723. The van der Waals surface area contributed by atoms with Crippen LogP contribution >= 0.6 is 0 Å². The van der Waals surface area contributed by atoms with Crippen molar-refractivity contribution < 1.29 is 0 Å². The van der Waals surface area contributed by atoms with Crippen LogP contribution in [0, 0.1) is 0 Å². The zero-order valence-corrected chi connectivity index (χ0v) is 11.0. The molecule has 0 amide bonds. The third kappa shape index (κ3) is 3.30. The maximum absolute atomic E-state index is 4.26. The lowest BCUT2D eigenvalue weighted by Gasteiger charge is -2.31. The molecule has 2 heterocycles. The molecule has 1 aromatic rings. The van der Waals surface area contributed by atoms with Gasteiger partial charge in [0.25, 0.3) is 0 Å². The number of nitrogens with one attached hydrogen (secondary N) is 1. The molecule has 1 saturated heterocycles. The highest BCUT2D eigenvalue weighted by atomic mass is 15.2. The van der Waals surface area contributed by atoms with E-state index in [1.165, 1.54) is 25.0 Å². The Balaban J connectivity index is 1.92. The molecule has 0 spiro atoms. The summed E-state index contributed by atoms with van der Waals surface area (Å²) in [5, 5.41) is 3.42. The van der Waals surface area contributed by atoms with E-state index in [4.69, 9.17) is 0 Å². The van der Waals surface area contributed by atoms with E-state index in [1.54, 1.807) is 0 Å². The van der Waals surface area contributed by atoms with Gasteiger partial charge < -0.3 is 9.88 Å². The normalized spacial score (nSPS) is 17.8. The zero-order valence-electron chi connectivity index (χ0n) is 11.0. The standard InChI is InChI=1S/C13H24N4/c1-3-8-17-11-15-9-13(17)10-16(2)12-4-6-14-7-5-12/h9,11-12,14H,3-8,10H2,1-2H3. The van der Waals surface area contributed by atoms with Gasteiger partial charge in [0.1, 0.15) is 0 Å². The summed E-state index contributed by atoms with van der Waals surface area (Å²) >= 11 is 0. The fourth-order valence-corrected chi connectivity index (χ4v) is 2.55. The minimum atomic E-state index is 0.723. The monoisotopic (exact) mass is 236 g/mol. The van der Waals surface area contributed by atoms with Crippen LogP contribution in [-0.4, -0.2) is 40.6 Å². The molecule has 0 unspecified atom stereocenters. The lowest BCUT2D eigenvalue weighted by atomic mass is 10.1. The van der Waals surface area contributed by atoms with Crippen LogP contribution in [0.2, 0.25) is 0 Å². The molecule has 1 N–H and O–H groups in total. The van der Waals surface area contributed by atoms with Crippen molar-refractivity contribution in [2.75, 3.05) is 20.1 Å². The lowest BCUT2D eigenvalue weighted by molar-refractivity contribution is 0.188. The van der Waals surface area contributed by atoms with Gasteiger partial charge in [-0.1, -0.05) is 6.92 Å². The fraction of sp³-hybridized carbons (Fsp3) is 0.769. The largest absolute Gasteiger partial charge is 0.333 e. The summed E-state index contributed by atoms with van der Waals surface area (Å²) in [6, 6.07) is 0.723. The van der Waals surface area contributed by atoms with Crippen molar-refractivity contribution in [3.8, 4) is 0 Å². The first kappa shape index (κ1) is 12.6. The third-order valence-electron chi connectivity index (χ3n) is 3.61. The first-order valence-electron chi connectivity index (χ1n) is 6.71. The summed E-state index contributed by atoms with van der Waals surface area (Å²) < 4.78 is 2.28. The van der Waals surface area contributed by atoms with Gasteiger partial charge in [0.2, 0.25) is 0 Å². The predicted octanol–water partition coefficient (Wildman–Crippen LogP) is 1.48. The molecule has 4 heteroatoms. The quantitative estimate of drug-likeness (QED) is 0.840. The molecule has 0 atom stereocenters. The van der Waals surface area contributed by atoms with E-state index in [1.807, 2.05) is 12.5 Å². The van der Waals surface area contributed by atoms with Gasteiger partial charge in [-0.2, -0.15) is 0 Å². The van der Waals surface area contributed by atoms with Gasteiger partial charge in [-0.05, 0) is 39.4 Å². The second kappa shape index (κ2) is 6.17. The maximum atomic E-state index is 4.26. The van der Waals surface area contributed by atoms with Crippen molar-refractivity contribution in [2.24, 2.45) is 0 Å². The summed E-state index contributed by atoms with van der Waals surface area (Å²) in [6.07, 6.45) is 7.65. The van der Waals surface area contributed by atoms with Gasteiger partial charge in [-0.3, -0.25) is 4.90 Å². The zero-order chi connectivity index (χ0) is 12.1. The van der Waals surface area contributed by atoms with Gasteiger partial charge in [0, 0.05) is 25.3 Å². The second-order valence-corrected chi connectivity index (χ2v) is 4.97. The molecule has 1 aromatic heterocycles. The smallest absolute Gasteiger partial charge is 0.0948 e. The lowest BCUT2D eigenvalue weighted by Crippen LogP contribution is -2.41. The Hall–Kier alpha value is -0.870. The van der Waals surface area contributed by atoms with Gasteiger partial charge in [0.05, 0.1) is 12.0 Å². The number of hydrogen-bond donors (Lipinski definition) is 1. The van der Waals surface area contributed by atoms with Crippen LogP contribution in [0.4, 0.5) is 0 Å². The number of imidazole rings is 1.